The summed E-state index contributed by atoms with van der Waals surface area (Å²) in [5.41, 5.74) is -1.46. The third-order valence-electron chi connectivity index (χ3n) is 7.21. The van der Waals surface area contributed by atoms with Crippen molar-refractivity contribution in [3.8, 4) is 5.75 Å². The molecule has 40 heavy (non-hydrogen) atoms. The maximum Gasteiger partial charge on any atom is 0.331 e. The van der Waals surface area contributed by atoms with Crippen LogP contribution in [0.1, 0.15) is 104 Å². The average Bonchev–Trinajstić information content (AvgIpc) is 2.93. The zero-order valence-electron chi connectivity index (χ0n) is 24.3. The fourth-order valence-corrected chi connectivity index (χ4v) is 5.30. The summed E-state index contributed by atoms with van der Waals surface area (Å²) < 4.78 is 15.9. The van der Waals surface area contributed by atoms with Gasteiger partial charge in [0.1, 0.15) is 18.0 Å². The van der Waals surface area contributed by atoms with E-state index < -0.39 is 29.3 Å². The number of hydrogen-bond acceptors (Lipinski definition) is 7. The molecule has 0 amide bonds. The number of esters is 3. The zero-order valence-corrected chi connectivity index (χ0v) is 24.3. The molecule has 2 fully saturated rings. The van der Waals surface area contributed by atoms with Crippen LogP contribution in [0.2, 0.25) is 0 Å². The second-order valence-electron chi connectivity index (χ2n) is 11.2. The van der Waals surface area contributed by atoms with Crippen molar-refractivity contribution in [1.29, 1.82) is 0 Å². The van der Waals surface area contributed by atoms with Gasteiger partial charge in [0.05, 0.1) is 0 Å². The number of carbonyl (C=O) groups is 4. The standard InChI is InChI=1S/C16H24O4.C16H22O4/c17-15(19-13-7-3-1-4-8-13)11-12-16(18)20-14-9-5-2-6-10-14;1-4-10-16(14(17)18,11-12(2)3)15(19)20-13-8-6-5-7-9-13/h11-14H,1-10H2;5-9,12H,4,10-11H2,1-3H3,(H,17,18)/b12-11-;. The molecule has 0 aliphatic heterocycles. The number of rotatable bonds is 11. The Morgan fingerprint density at radius 1 is 0.850 bits per heavy atom. The molecule has 8 nitrogen and oxygen atoms in total. The van der Waals surface area contributed by atoms with E-state index in [2.05, 4.69) is 0 Å². The van der Waals surface area contributed by atoms with Crippen molar-refractivity contribution < 1.29 is 38.5 Å². The van der Waals surface area contributed by atoms with Gasteiger partial charge in [-0.05, 0) is 82.3 Å². The Morgan fingerprint density at radius 3 is 1.73 bits per heavy atom. The molecule has 1 aromatic carbocycles. The zero-order chi connectivity index (χ0) is 29.4. The largest absolute Gasteiger partial charge is 0.480 e. The molecule has 2 aliphatic carbocycles. The Bertz CT molecular complexity index is 924. The molecule has 1 unspecified atom stereocenters. The van der Waals surface area contributed by atoms with Gasteiger partial charge in [-0.15, -0.1) is 0 Å². The van der Waals surface area contributed by atoms with Gasteiger partial charge in [-0.3, -0.25) is 9.59 Å². The number of carboxylic acids is 1. The molecular formula is C32H46O8. The Kier molecular flexibility index (Phi) is 14.5. The highest BCUT2D eigenvalue weighted by atomic mass is 16.6. The Balaban J connectivity index is 0.000000280. The molecular weight excluding hydrogens is 512 g/mol. The lowest BCUT2D eigenvalue weighted by Crippen LogP contribution is -2.43. The second kappa shape index (κ2) is 17.5. The molecule has 222 valence electrons. The highest BCUT2D eigenvalue weighted by Crippen LogP contribution is 2.34. The van der Waals surface area contributed by atoms with Crippen LogP contribution in [0.5, 0.6) is 5.75 Å². The van der Waals surface area contributed by atoms with Gasteiger partial charge >= 0.3 is 23.9 Å². The predicted octanol–water partition coefficient (Wildman–Crippen LogP) is 6.80. The van der Waals surface area contributed by atoms with Gasteiger partial charge < -0.3 is 19.3 Å². The summed E-state index contributed by atoms with van der Waals surface area (Å²) in [4.78, 5) is 47.3. The number of para-hydroxylation sites is 1. The summed E-state index contributed by atoms with van der Waals surface area (Å²) in [5.74, 6) is -2.17. The molecule has 0 radical (unpaired) electrons. The van der Waals surface area contributed by atoms with E-state index >= 15 is 0 Å². The van der Waals surface area contributed by atoms with Gasteiger partial charge in [-0.2, -0.15) is 0 Å². The molecule has 1 atom stereocenters. The highest BCUT2D eigenvalue weighted by Gasteiger charge is 2.47. The van der Waals surface area contributed by atoms with E-state index in [0.29, 0.717) is 12.2 Å². The first-order valence-corrected chi connectivity index (χ1v) is 14.8. The van der Waals surface area contributed by atoms with Crippen molar-refractivity contribution in [2.45, 2.75) is 116 Å². The predicted molar refractivity (Wildman–Crippen MR) is 152 cm³/mol. The minimum atomic E-state index is -1.46. The maximum atomic E-state index is 12.4. The summed E-state index contributed by atoms with van der Waals surface area (Å²) in [7, 11) is 0. The van der Waals surface area contributed by atoms with Gasteiger partial charge in [0, 0.05) is 12.2 Å². The van der Waals surface area contributed by atoms with Crippen LogP contribution in [0.3, 0.4) is 0 Å². The first kappa shape index (κ1) is 33.0. The molecule has 1 N–H and O–H groups in total. The van der Waals surface area contributed by atoms with Gasteiger partial charge in [-0.1, -0.05) is 58.2 Å². The van der Waals surface area contributed by atoms with E-state index in [4.69, 9.17) is 14.2 Å². The summed E-state index contributed by atoms with van der Waals surface area (Å²) in [6.45, 7) is 5.68. The number of carbonyl (C=O) groups excluding carboxylic acids is 3. The average molecular weight is 559 g/mol. The van der Waals surface area contributed by atoms with Gasteiger partial charge in [0.15, 0.2) is 5.41 Å². The number of hydrogen-bond donors (Lipinski definition) is 1. The number of ether oxygens (including phenoxy) is 3. The monoisotopic (exact) mass is 558 g/mol. The van der Waals surface area contributed by atoms with E-state index in [0.717, 1.165) is 51.4 Å². The van der Waals surface area contributed by atoms with E-state index in [1.54, 1.807) is 24.3 Å². The van der Waals surface area contributed by atoms with Gasteiger partial charge in [0.2, 0.25) is 0 Å². The summed E-state index contributed by atoms with van der Waals surface area (Å²) in [6, 6.07) is 8.58. The molecule has 0 saturated heterocycles. The Labute approximate surface area is 238 Å². The molecule has 0 bridgehead atoms. The van der Waals surface area contributed by atoms with Crippen molar-refractivity contribution in [2.24, 2.45) is 11.3 Å². The van der Waals surface area contributed by atoms with Crippen LogP contribution in [0.25, 0.3) is 0 Å². The first-order valence-electron chi connectivity index (χ1n) is 14.8. The van der Waals surface area contributed by atoms with Crippen LogP contribution in [0, 0.1) is 11.3 Å². The first-order chi connectivity index (χ1) is 19.2. The maximum absolute atomic E-state index is 12.4. The van der Waals surface area contributed by atoms with Crippen molar-refractivity contribution in [2.75, 3.05) is 0 Å². The molecule has 0 aromatic heterocycles. The van der Waals surface area contributed by atoms with Crippen molar-refractivity contribution >= 4 is 23.9 Å². The molecule has 3 rings (SSSR count). The number of carboxylic acid groups (broad SMARTS) is 1. The van der Waals surface area contributed by atoms with Crippen LogP contribution in [-0.2, 0) is 28.7 Å². The minimum absolute atomic E-state index is 0.0234. The second-order valence-corrected chi connectivity index (χ2v) is 11.2. The van der Waals surface area contributed by atoms with E-state index in [-0.39, 0.29) is 31.0 Å². The summed E-state index contributed by atoms with van der Waals surface area (Å²) in [5, 5.41) is 9.55. The SMILES string of the molecule is CCCC(CC(C)C)(C(=O)O)C(=O)Oc1ccccc1.O=C(/C=C\C(=O)OC1CCCCC1)OC1CCCCC1. The van der Waals surface area contributed by atoms with Crippen LogP contribution in [0.4, 0.5) is 0 Å². The van der Waals surface area contributed by atoms with Crippen LogP contribution in [0.15, 0.2) is 42.5 Å². The third kappa shape index (κ3) is 11.5. The molecule has 2 saturated carbocycles. The molecule has 0 spiro atoms. The Morgan fingerprint density at radius 2 is 1.32 bits per heavy atom. The van der Waals surface area contributed by atoms with Crippen LogP contribution in [-0.4, -0.2) is 41.2 Å². The lowest BCUT2D eigenvalue weighted by Gasteiger charge is -2.28. The fourth-order valence-electron chi connectivity index (χ4n) is 5.30. The highest BCUT2D eigenvalue weighted by molar-refractivity contribution is 6.00. The lowest BCUT2D eigenvalue weighted by molar-refractivity contribution is -0.165. The van der Waals surface area contributed by atoms with Gasteiger partial charge in [0.25, 0.3) is 0 Å². The van der Waals surface area contributed by atoms with Crippen LogP contribution >= 0.6 is 0 Å². The Hall–Kier alpha value is -3.16. The third-order valence-corrected chi connectivity index (χ3v) is 7.21. The quantitative estimate of drug-likeness (QED) is 0.136. The van der Waals surface area contributed by atoms with E-state index in [1.165, 1.54) is 25.0 Å². The molecule has 8 heteroatoms. The molecule has 2 aliphatic rings. The smallest absolute Gasteiger partial charge is 0.331 e. The fraction of sp³-hybridized carbons (Fsp3) is 0.625. The van der Waals surface area contributed by atoms with Crippen molar-refractivity contribution in [3.05, 3.63) is 42.5 Å². The molecule has 0 heterocycles. The normalized spacial score (nSPS) is 17.8. The van der Waals surface area contributed by atoms with Crippen molar-refractivity contribution in [1.82, 2.24) is 0 Å². The summed E-state index contributed by atoms with van der Waals surface area (Å²) >= 11 is 0. The molecule has 1 aromatic rings. The number of aliphatic carboxylic acids is 1. The topological polar surface area (TPSA) is 116 Å². The minimum Gasteiger partial charge on any atom is -0.480 e. The van der Waals surface area contributed by atoms with Crippen molar-refractivity contribution in [3.63, 3.8) is 0 Å². The lowest BCUT2D eigenvalue weighted by atomic mass is 9.76. The van der Waals surface area contributed by atoms with Crippen LogP contribution < -0.4 is 4.74 Å². The summed E-state index contributed by atoms with van der Waals surface area (Å²) in [6.07, 6.45) is 14.3. The number of benzene rings is 1. The van der Waals surface area contributed by atoms with E-state index in [1.807, 2.05) is 26.8 Å². The van der Waals surface area contributed by atoms with E-state index in [9.17, 15) is 24.3 Å². The van der Waals surface area contributed by atoms with Gasteiger partial charge in [-0.25, -0.2) is 9.59 Å².